The number of nitrogens with zero attached hydrogens (tertiary/aromatic N) is 3. The summed E-state index contributed by atoms with van der Waals surface area (Å²) in [5, 5.41) is 12.1. The number of fused-ring (bicyclic) bond motifs is 1. The zero-order chi connectivity index (χ0) is 22.9. The van der Waals surface area contributed by atoms with Gasteiger partial charge in [-0.05, 0) is 43.2 Å². The predicted molar refractivity (Wildman–Crippen MR) is 122 cm³/mol. The molecule has 2 heterocycles. The number of benzene rings is 1. The van der Waals surface area contributed by atoms with Crippen LogP contribution >= 0.6 is 11.8 Å². The van der Waals surface area contributed by atoms with Crippen molar-refractivity contribution in [2.45, 2.75) is 37.8 Å². The van der Waals surface area contributed by atoms with E-state index in [2.05, 4.69) is 17.2 Å². The Balaban J connectivity index is 1.72. The number of aromatic nitrogens is 1. The average Bonchev–Trinajstić information content (AvgIpc) is 2.80. The van der Waals surface area contributed by atoms with Crippen LogP contribution < -0.4 is 11.1 Å². The van der Waals surface area contributed by atoms with Gasteiger partial charge in [0, 0.05) is 42.1 Å². The molecule has 0 radical (unpaired) electrons. The monoisotopic (exact) mass is 453 g/mol. The van der Waals surface area contributed by atoms with E-state index in [4.69, 9.17) is 20.7 Å². The van der Waals surface area contributed by atoms with Crippen LogP contribution in [0.4, 0.5) is 10.1 Å². The van der Waals surface area contributed by atoms with Crippen LogP contribution in [-0.4, -0.2) is 35.0 Å². The van der Waals surface area contributed by atoms with Crippen LogP contribution in [0.1, 0.15) is 47.8 Å². The zero-order valence-corrected chi connectivity index (χ0v) is 18.7. The van der Waals surface area contributed by atoms with Gasteiger partial charge in [-0.15, -0.1) is 0 Å². The fourth-order valence-corrected chi connectivity index (χ4v) is 5.67. The van der Waals surface area contributed by atoms with Gasteiger partial charge in [-0.25, -0.2) is 9.37 Å². The number of methoxy groups -OCH3 is 1. The number of halogens is 1. The number of amidine groups is 1. The highest BCUT2D eigenvalue weighted by Crippen LogP contribution is 2.58. The molecule has 0 saturated heterocycles. The Hall–Kier alpha value is -2.96. The lowest BCUT2D eigenvalue weighted by Crippen LogP contribution is -2.54. The first-order chi connectivity index (χ1) is 15.3. The summed E-state index contributed by atoms with van der Waals surface area (Å²) in [4.78, 5) is 21.5. The molecule has 9 heteroatoms. The van der Waals surface area contributed by atoms with Gasteiger partial charge in [0.25, 0.3) is 5.91 Å². The third-order valence-corrected chi connectivity index (χ3v) is 7.68. The standard InChI is InChI=1S/C23H24FN5O2S/c1-22-8-7-16(31-2)10-23(22,29-21(26)32-13-22)17-9-15(4-5-18(17)24)28-20(30)19-6-3-14(11-25)12-27-19/h3-6,9,12,16H,7-8,10,13H2,1-2H3,(H2,26,29)(H,28,30)/t16-,22-,23+/m0/s1. The number of rotatable bonds is 4. The molecule has 1 aliphatic heterocycles. The number of pyridine rings is 1. The number of hydrogen-bond donors (Lipinski definition) is 2. The Kier molecular flexibility index (Phi) is 5.93. The second kappa shape index (κ2) is 8.52. The molecule has 1 aromatic heterocycles. The highest BCUT2D eigenvalue weighted by molar-refractivity contribution is 8.13. The summed E-state index contributed by atoms with van der Waals surface area (Å²) in [5.41, 5.74) is 6.27. The molecule has 0 spiro atoms. The lowest BCUT2D eigenvalue weighted by molar-refractivity contribution is -0.0172. The van der Waals surface area contributed by atoms with Crippen molar-refractivity contribution in [1.29, 1.82) is 5.26 Å². The fourth-order valence-electron chi connectivity index (χ4n) is 4.60. The lowest BCUT2D eigenvalue weighted by atomic mass is 9.59. The first-order valence-electron chi connectivity index (χ1n) is 10.3. The van der Waals surface area contributed by atoms with Crippen LogP contribution in [0.2, 0.25) is 0 Å². The van der Waals surface area contributed by atoms with Gasteiger partial charge in [0.2, 0.25) is 0 Å². The lowest BCUT2D eigenvalue weighted by Gasteiger charge is -2.53. The van der Waals surface area contributed by atoms with E-state index in [-0.39, 0.29) is 17.2 Å². The van der Waals surface area contributed by atoms with Crippen LogP contribution in [0, 0.1) is 22.6 Å². The van der Waals surface area contributed by atoms with Gasteiger partial charge in [-0.3, -0.25) is 9.79 Å². The first-order valence-corrected chi connectivity index (χ1v) is 11.3. The zero-order valence-electron chi connectivity index (χ0n) is 17.9. The van der Waals surface area contributed by atoms with E-state index in [0.717, 1.165) is 18.6 Å². The van der Waals surface area contributed by atoms with E-state index in [0.29, 0.717) is 28.4 Å². The van der Waals surface area contributed by atoms with Crippen molar-refractivity contribution in [3.63, 3.8) is 0 Å². The second-order valence-corrected chi connectivity index (χ2v) is 9.45. The van der Waals surface area contributed by atoms with Gasteiger partial charge in [-0.2, -0.15) is 5.26 Å². The molecular formula is C23H24FN5O2S. The minimum atomic E-state index is -0.890. The summed E-state index contributed by atoms with van der Waals surface area (Å²) in [7, 11) is 1.66. The van der Waals surface area contributed by atoms with E-state index in [1.54, 1.807) is 13.2 Å². The van der Waals surface area contributed by atoms with Gasteiger partial charge in [0.1, 0.15) is 17.6 Å². The smallest absolute Gasteiger partial charge is 0.274 e. The van der Waals surface area contributed by atoms with Crippen LogP contribution in [0.15, 0.2) is 41.5 Å². The van der Waals surface area contributed by atoms with Gasteiger partial charge in [0.15, 0.2) is 5.17 Å². The predicted octanol–water partition coefficient (Wildman–Crippen LogP) is 3.81. The van der Waals surface area contributed by atoms with Gasteiger partial charge in [0.05, 0.1) is 17.2 Å². The number of carbonyl (C=O) groups excluding carboxylic acids is 1. The number of carbonyl (C=O) groups is 1. The molecule has 1 aliphatic carbocycles. The van der Waals surface area contributed by atoms with E-state index < -0.39 is 17.3 Å². The quantitative estimate of drug-likeness (QED) is 0.728. The molecule has 3 N–H and O–H groups in total. The van der Waals surface area contributed by atoms with Crippen molar-refractivity contribution < 1.29 is 13.9 Å². The summed E-state index contributed by atoms with van der Waals surface area (Å²) in [6.45, 7) is 2.12. The molecular weight excluding hydrogens is 429 g/mol. The maximum absolute atomic E-state index is 15.3. The van der Waals surface area contributed by atoms with Crippen molar-refractivity contribution in [1.82, 2.24) is 4.98 Å². The number of aliphatic imine (C=N–C) groups is 1. The van der Waals surface area contributed by atoms with Crippen molar-refractivity contribution in [2.75, 3.05) is 18.2 Å². The Morgan fingerprint density at radius 1 is 1.41 bits per heavy atom. The number of amides is 1. The minimum Gasteiger partial charge on any atom is -0.381 e. The normalized spacial score (nSPS) is 27.1. The van der Waals surface area contributed by atoms with Crippen LogP contribution in [0.5, 0.6) is 0 Å². The van der Waals surface area contributed by atoms with Crippen LogP contribution in [0.25, 0.3) is 0 Å². The summed E-state index contributed by atoms with van der Waals surface area (Å²) in [6, 6.07) is 9.45. The average molecular weight is 454 g/mol. The Bertz CT molecular complexity index is 1120. The number of ether oxygens (including phenoxy) is 1. The topological polar surface area (TPSA) is 113 Å². The number of nitriles is 1. The molecule has 0 bridgehead atoms. The van der Waals surface area contributed by atoms with Crippen LogP contribution in [-0.2, 0) is 10.3 Å². The summed E-state index contributed by atoms with van der Waals surface area (Å²) in [5.74, 6) is -0.122. The van der Waals surface area contributed by atoms with Gasteiger partial charge in [-0.1, -0.05) is 18.7 Å². The van der Waals surface area contributed by atoms with E-state index in [1.165, 1.54) is 42.2 Å². The van der Waals surface area contributed by atoms with Crippen molar-refractivity contribution in [2.24, 2.45) is 16.1 Å². The first kappa shape index (κ1) is 22.2. The van der Waals surface area contributed by atoms with Gasteiger partial charge >= 0.3 is 0 Å². The largest absolute Gasteiger partial charge is 0.381 e. The summed E-state index contributed by atoms with van der Waals surface area (Å²) >= 11 is 1.49. The maximum Gasteiger partial charge on any atom is 0.274 e. The summed E-state index contributed by atoms with van der Waals surface area (Å²) in [6.07, 6.45) is 3.46. The number of nitrogens with one attached hydrogen (secondary N) is 1. The second-order valence-electron chi connectivity index (χ2n) is 8.45. The number of thioether (sulfide) groups is 1. The number of nitrogens with two attached hydrogens (primary N) is 1. The highest BCUT2D eigenvalue weighted by atomic mass is 32.2. The molecule has 32 heavy (non-hydrogen) atoms. The molecule has 1 saturated carbocycles. The third-order valence-electron chi connectivity index (χ3n) is 6.51. The fraction of sp³-hybridized carbons (Fsp3) is 0.391. The molecule has 1 fully saturated rings. The van der Waals surface area contributed by atoms with Crippen LogP contribution in [0.3, 0.4) is 0 Å². The van der Waals surface area contributed by atoms with Crippen molar-refractivity contribution in [3.05, 3.63) is 59.2 Å². The highest BCUT2D eigenvalue weighted by Gasteiger charge is 2.56. The molecule has 2 aromatic rings. The van der Waals surface area contributed by atoms with E-state index in [9.17, 15) is 4.79 Å². The Labute approximate surface area is 190 Å². The molecule has 166 valence electrons. The Morgan fingerprint density at radius 3 is 2.91 bits per heavy atom. The molecule has 1 amide bonds. The number of anilines is 1. The minimum absolute atomic E-state index is 0.0665. The molecule has 3 atom stereocenters. The maximum atomic E-state index is 15.3. The SMILES string of the molecule is CO[C@H]1CC[C@@]2(C)CSC(N)=N[C@@]2(c2cc(NC(=O)c3ccc(C#N)cn3)ccc2F)C1. The molecule has 4 rings (SSSR count). The summed E-state index contributed by atoms with van der Waals surface area (Å²) < 4.78 is 20.9. The van der Waals surface area contributed by atoms with Crippen molar-refractivity contribution in [3.8, 4) is 6.07 Å². The van der Waals surface area contributed by atoms with Crippen molar-refractivity contribution >= 4 is 28.5 Å². The molecule has 2 aliphatic rings. The van der Waals surface area contributed by atoms with E-state index in [1.807, 2.05) is 6.07 Å². The number of hydrogen-bond acceptors (Lipinski definition) is 7. The van der Waals surface area contributed by atoms with E-state index >= 15 is 4.39 Å². The van der Waals surface area contributed by atoms with Gasteiger partial charge < -0.3 is 15.8 Å². The Morgan fingerprint density at radius 2 is 2.22 bits per heavy atom. The molecule has 0 unspecified atom stereocenters. The third kappa shape index (κ3) is 3.85. The molecule has 1 aromatic carbocycles. The molecule has 7 nitrogen and oxygen atoms in total.